The zero-order chi connectivity index (χ0) is 19.2. The quantitative estimate of drug-likeness (QED) is 0.693. The van der Waals surface area contributed by atoms with Gasteiger partial charge >= 0.3 is 0 Å². The third-order valence-corrected chi connectivity index (χ3v) is 5.37. The second kappa shape index (κ2) is 8.82. The monoisotopic (exact) mass is 376 g/mol. The molecule has 7 heteroatoms. The molecule has 6 nitrogen and oxygen atoms in total. The van der Waals surface area contributed by atoms with E-state index in [0.717, 1.165) is 5.56 Å². The molecule has 0 atom stereocenters. The van der Waals surface area contributed by atoms with E-state index in [9.17, 15) is 13.2 Å². The highest BCUT2D eigenvalue weighted by atomic mass is 32.2. The summed E-state index contributed by atoms with van der Waals surface area (Å²) < 4.78 is 32.6. The molecule has 26 heavy (non-hydrogen) atoms. The number of rotatable bonds is 8. The van der Waals surface area contributed by atoms with E-state index in [4.69, 9.17) is 4.74 Å². The molecule has 0 aliphatic heterocycles. The number of carbonyl (C=O) groups excluding carboxylic acids is 1. The van der Waals surface area contributed by atoms with Crippen LogP contribution in [-0.4, -0.2) is 34.0 Å². The van der Waals surface area contributed by atoms with Gasteiger partial charge in [0.1, 0.15) is 5.75 Å². The Morgan fingerprint density at radius 1 is 1.04 bits per heavy atom. The van der Waals surface area contributed by atoms with E-state index in [1.54, 1.807) is 43.3 Å². The Balaban J connectivity index is 1.87. The highest BCUT2D eigenvalue weighted by Crippen LogP contribution is 2.16. The van der Waals surface area contributed by atoms with Gasteiger partial charge in [-0.05, 0) is 62.2 Å². The molecule has 1 amide bonds. The van der Waals surface area contributed by atoms with Crippen molar-refractivity contribution < 1.29 is 17.9 Å². The SMILES string of the molecule is CCOc1ccc(C(=O)NCCNS(=O)(=O)c2cc(C)ccc2C)cc1. The van der Waals surface area contributed by atoms with Crippen molar-refractivity contribution in [2.75, 3.05) is 19.7 Å². The molecule has 0 aliphatic carbocycles. The second-order valence-corrected chi connectivity index (χ2v) is 7.62. The molecule has 0 saturated heterocycles. The van der Waals surface area contributed by atoms with Crippen molar-refractivity contribution in [3.05, 3.63) is 59.2 Å². The number of nitrogens with one attached hydrogen (secondary N) is 2. The molecule has 2 N–H and O–H groups in total. The summed E-state index contributed by atoms with van der Waals surface area (Å²) >= 11 is 0. The Kier molecular flexibility index (Phi) is 6.76. The van der Waals surface area contributed by atoms with E-state index in [1.165, 1.54) is 0 Å². The molecule has 0 radical (unpaired) electrons. The summed E-state index contributed by atoms with van der Waals surface area (Å²) in [5.74, 6) is 0.435. The van der Waals surface area contributed by atoms with Crippen LogP contribution >= 0.6 is 0 Å². The van der Waals surface area contributed by atoms with Crippen molar-refractivity contribution in [2.45, 2.75) is 25.7 Å². The van der Waals surface area contributed by atoms with Crippen molar-refractivity contribution in [3.63, 3.8) is 0 Å². The second-order valence-electron chi connectivity index (χ2n) is 5.88. The lowest BCUT2D eigenvalue weighted by atomic mass is 10.2. The zero-order valence-electron chi connectivity index (χ0n) is 15.2. The van der Waals surface area contributed by atoms with Crippen LogP contribution in [0.2, 0.25) is 0 Å². The lowest BCUT2D eigenvalue weighted by Gasteiger charge is -2.11. The predicted octanol–water partition coefficient (Wildman–Crippen LogP) is 2.41. The average molecular weight is 376 g/mol. The standard InChI is InChI=1S/C19H24N2O4S/c1-4-25-17-9-7-16(8-10-17)19(22)20-11-12-21-26(23,24)18-13-14(2)5-6-15(18)3/h5-10,13,21H,4,11-12H2,1-3H3,(H,20,22). The first-order chi connectivity index (χ1) is 12.3. The first kappa shape index (κ1) is 19.9. The Labute approximate surface area is 154 Å². The van der Waals surface area contributed by atoms with Crippen molar-refractivity contribution in [1.82, 2.24) is 10.0 Å². The van der Waals surface area contributed by atoms with Crippen LogP contribution in [0.4, 0.5) is 0 Å². The fourth-order valence-corrected chi connectivity index (χ4v) is 3.77. The molecule has 2 aromatic carbocycles. The van der Waals surface area contributed by atoms with Crippen LogP contribution in [0.25, 0.3) is 0 Å². The molecule has 0 aliphatic rings. The van der Waals surface area contributed by atoms with Crippen molar-refractivity contribution in [1.29, 1.82) is 0 Å². The van der Waals surface area contributed by atoms with Gasteiger partial charge in [-0.2, -0.15) is 0 Å². The first-order valence-electron chi connectivity index (χ1n) is 8.41. The summed E-state index contributed by atoms with van der Waals surface area (Å²) in [6.07, 6.45) is 0. The minimum atomic E-state index is -3.61. The summed E-state index contributed by atoms with van der Waals surface area (Å²) in [6, 6.07) is 12.1. The largest absolute Gasteiger partial charge is 0.494 e. The number of sulfonamides is 1. The van der Waals surface area contributed by atoms with Crippen LogP contribution in [0.15, 0.2) is 47.4 Å². The van der Waals surface area contributed by atoms with Crippen LogP contribution in [0.5, 0.6) is 5.75 Å². The summed E-state index contributed by atoms with van der Waals surface area (Å²) in [7, 11) is -3.61. The third-order valence-electron chi connectivity index (χ3n) is 3.76. The lowest BCUT2D eigenvalue weighted by molar-refractivity contribution is 0.0954. The number of benzene rings is 2. The van der Waals surface area contributed by atoms with Gasteiger partial charge in [0.05, 0.1) is 11.5 Å². The number of carbonyl (C=O) groups is 1. The number of hydrogen-bond acceptors (Lipinski definition) is 4. The maximum Gasteiger partial charge on any atom is 0.251 e. The molecule has 0 fully saturated rings. The molecule has 0 spiro atoms. The third kappa shape index (κ3) is 5.31. The molecule has 2 rings (SSSR count). The van der Waals surface area contributed by atoms with Crippen LogP contribution in [-0.2, 0) is 10.0 Å². The smallest absolute Gasteiger partial charge is 0.251 e. The van der Waals surface area contributed by atoms with Crippen molar-refractivity contribution in [3.8, 4) is 5.75 Å². The van der Waals surface area contributed by atoms with Gasteiger partial charge in [-0.25, -0.2) is 13.1 Å². The Bertz CT molecular complexity index is 862. The molecule has 0 heterocycles. The zero-order valence-corrected chi connectivity index (χ0v) is 16.0. The molecule has 0 unspecified atom stereocenters. The fourth-order valence-electron chi connectivity index (χ4n) is 2.41. The molecule has 2 aromatic rings. The Morgan fingerprint density at radius 2 is 1.73 bits per heavy atom. The molecule has 140 valence electrons. The molecular weight excluding hydrogens is 352 g/mol. The minimum Gasteiger partial charge on any atom is -0.494 e. The number of hydrogen-bond donors (Lipinski definition) is 2. The van der Waals surface area contributed by atoms with Gasteiger partial charge in [0, 0.05) is 18.7 Å². The molecule has 0 saturated carbocycles. The number of ether oxygens (including phenoxy) is 1. The maximum absolute atomic E-state index is 12.4. The summed E-state index contributed by atoms with van der Waals surface area (Å²) in [5.41, 5.74) is 2.05. The van der Waals surface area contributed by atoms with Gasteiger partial charge in [0.15, 0.2) is 0 Å². The first-order valence-corrected chi connectivity index (χ1v) is 9.90. The van der Waals surface area contributed by atoms with Gasteiger partial charge in [-0.15, -0.1) is 0 Å². The van der Waals surface area contributed by atoms with E-state index in [2.05, 4.69) is 10.0 Å². The van der Waals surface area contributed by atoms with E-state index in [1.807, 2.05) is 19.9 Å². The molecule has 0 bridgehead atoms. The number of aryl methyl sites for hydroxylation is 2. The van der Waals surface area contributed by atoms with Gasteiger partial charge in [0.2, 0.25) is 10.0 Å². The van der Waals surface area contributed by atoms with E-state index < -0.39 is 10.0 Å². The summed E-state index contributed by atoms with van der Waals surface area (Å²) in [6.45, 7) is 6.35. The highest BCUT2D eigenvalue weighted by Gasteiger charge is 2.16. The van der Waals surface area contributed by atoms with Crippen LogP contribution in [0, 0.1) is 13.8 Å². The Morgan fingerprint density at radius 3 is 2.38 bits per heavy atom. The molecular formula is C19H24N2O4S. The van der Waals surface area contributed by atoms with Crippen LogP contribution < -0.4 is 14.8 Å². The maximum atomic E-state index is 12.4. The average Bonchev–Trinajstić information content (AvgIpc) is 2.61. The van der Waals surface area contributed by atoms with E-state index >= 15 is 0 Å². The Hall–Kier alpha value is -2.38. The minimum absolute atomic E-state index is 0.110. The summed E-state index contributed by atoms with van der Waals surface area (Å²) in [5, 5.41) is 2.69. The van der Waals surface area contributed by atoms with Gasteiger partial charge in [-0.3, -0.25) is 4.79 Å². The van der Waals surface area contributed by atoms with Gasteiger partial charge in [0.25, 0.3) is 5.91 Å². The highest BCUT2D eigenvalue weighted by molar-refractivity contribution is 7.89. The normalized spacial score (nSPS) is 11.2. The van der Waals surface area contributed by atoms with Crippen molar-refractivity contribution >= 4 is 15.9 Å². The van der Waals surface area contributed by atoms with Gasteiger partial charge in [-0.1, -0.05) is 12.1 Å². The van der Waals surface area contributed by atoms with E-state index in [0.29, 0.717) is 23.5 Å². The van der Waals surface area contributed by atoms with Crippen molar-refractivity contribution in [2.24, 2.45) is 0 Å². The topological polar surface area (TPSA) is 84.5 Å². The van der Waals surface area contributed by atoms with Crippen LogP contribution in [0.1, 0.15) is 28.4 Å². The fraction of sp³-hybridized carbons (Fsp3) is 0.316. The lowest BCUT2D eigenvalue weighted by Crippen LogP contribution is -2.35. The molecule has 0 aromatic heterocycles. The van der Waals surface area contributed by atoms with Crippen LogP contribution in [0.3, 0.4) is 0 Å². The number of amides is 1. The van der Waals surface area contributed by atoms with E-state index in [-0.39, 0.29) is 23.9 Å². The van der Waals surface area contributed by atoms with Gasteiger partial charge < -0.3 is 10.1 Å². The summed E-state index contributed by atoms with van der Waals surface area (Å²) in [4.78, 5) is 12.3. The predicted molar refractivity (Wildman–Crippen MR) is 101 cm³/mol.